The van der Waals surface area contributed by atoms with Gasteiger partial charge in [0, 0.05) is 27.7 Å². The molecule has 6 heteroatoms. The highest BCUT2D eigenvalue weighted by Crippen LogP contribution is 2.26. The first-order valence-corrected chi connectivity index (χ1v) is 8.37. The second-order valence-electron chi connectivity index (χ2n) is 4.82. The largest absolute Gasteiger partial charge is 0.343 e. The SMILES string of the molecule is Cc1ccc([C@H](C)N(C)C(=O)CNC(=O)c2ccsc2)s1. The van der Waals surface area contributed by atoms with Crippen molar-refractivity contribution in [2.75, 3.05) is 13.6 Å². The van der Waals surface area contributed by atoms with Crippen molar-refractivity contribution in [3.63, 3.8) is 0 Å². The molecule has 2 aromatic heterocycles. The number of nitrogens with zero attached hydrogens (tertiary/aromatic N) is 1. The highest BCUT2D eigenvalue weighted by Gasteiger charge is 2.19. The van der Waals surface area contributed by atoms with Crippen molar-refractivity contribution in [3.8, 4) is 0 Å². The summed E-state index contributed by atoms with van der Waals surface area (Å²) < 4.78 is 0. The van der Waals surface area contributed by atoms with Gasteiger partial charge in [-0.05, 0) is 37.4 Å². The topological polar surface area (TPSA) is 49.4 Å². The van der Waals surface area contributed by atoms with Gasteiger partial charge in [-0.3, -0.25) is 9.59 Å². The van der Waals surface area contributed by atoms with Gasteiger partial charge < -0.3 is 10.2 Å². The molecular weight excluding hydrogens is 304 g/mol. The normalized spacial score (nSPS) is 12.0. The summed E-state index contributed by atoms with van der Waals surface area (Å²) in [7, 11) is 1.76. The van der Waals surface area contributed by atoms with Gasteiger partial charge in [0.05, 0.1) is 12.6 Å². The molecule has 2 amide bonds. The fourth-order valence-corrected chi connectivity index (χ4v) is 3.47. The quantitative estimate of drug-likeness (QED) is 0.920. The van der Waals surface area contributed by atoms with Crippen molar-refractivity contribution in [3.05, 3.63) is 44.3 Å². The Morgan fingerprint density at radius 2 is 2.10 bits per heavy atom. The molecule has 0 fully saturated rings. The minimum absolute atomic E-state index is 0.00856. The lowest BCUT2D eigenvalue weighted by Crippen LogP contribution is -2.39. The van der Waals surface area contributed by atoms with E-state index in [-0.39, 0.29) is 24.4 Å². The van der Waals surface area contributed by atoms with Crippen molar-refractivity contribution in [2.45, 2.75) is 19.9 Å². The molecule has 0 saturated heterocycles. The summed E-state index contributed by atoms with van der Waals surface area (Å²) in [6.07, 6.45) is 0. The lowest BCUT2D eigenvalue weighted by atomic mass is 10.2. The van der Waals surface area contributed by atoms with Crippen LogP contribution in [0.1, 0.15) is 33.1 Å². The number of amides is 2. The molecule has 2 heterocycles. The molecule has 0 aliphatic carbocycles. The van der Waals surface area contributed by atoms with Gasteiger partial charge in [-0.2, -0.15) is 11.3 Å². The molecule has 0 unspecified atom stereocenters. The molecule has 21 heavy (non-hydrogen) atoms. The molecule has 0 saturated carbocycles. The third-order valence-electron chi connectivity index (χ3n) is 3.33. The standard InChI is InChI=1S/C15H18N2O2S2/c1-10-4-5-13(21-10)11(2)17(3)14(18)8-16-15(19)12-6-7-20-9-12/h4-7,9,11H,8H2,1-3H3,(H,16,19)/t11-/m0/s1. The van der Waals surface area contributed by atoms with E-state index in [2.05, 4.69) is 5.32 Å². The molecule has 0 aromatic carbocycles. The lowest BCUT2D eigenvalue weighted by Gasteiger charge is -2.24. The average Bonchev–Trinajstić information content (AvgIpc) is 3.13. The number of hydrogen-bond donors (Lipinski definition) is 1. The molecule has 0 aliphatic rings. The average molecular weight is 322 g/mol. The molecule has 112 valence electrons. The zero-order chi connectivity index (χ0) is 15.4. The van der Waals surface area contributed by atoms with Gasteiger partial charge in [-0.25, -0.2) is 0 Å². The molecule has 1 N–H and O–H groups in total. The van der Waals surface area contributed by atoms with E-state index in [0.717, 1.165) is 4.88 Å². The third kappa shape index (κ3) is 3.92. The van der Waals surface area contributed by atoms with Crippen molar-refractivity contribution in [2.24, 2.45) is 0 Å². The van der Waals surface area contributed by atoms with Crippen LogP contribution in [0.4, 0.5) is 0 Å². The number of carbonyl (C=O) groups is 2. The molecule has 0 aliphatic heterocycles. The van der Waals surface area contributed by atoms with Gasteiger partial charge in [0.1, 0.15) is 0 Å². The summed E-state index contributed by atoms with van der Waals surface area (Å²) in [6.45, 7) is 4.05. The molecule has 0 radical (unpaired) electrons. The van der Waals surface area contributed by atoms with Crippen molar-refractivity contribution >= 4 is 34.5 Å². The Balaban J connectivity index is 1.89. The molecule has 2 rings (SSSR count). The van der Waals surface area contributed by atoms with Gasteiger partial charge in [0.25, 0.3) is 5.91 Å². The van der Waals surface area contributed by atoms with Crippen LogP contribution in [-0.4, -0.2) is 30.3 Å². The first-order valence-electron chi connectivity index (χ1n) is 6.61. The Hall–Kier alpha value is -1.66. The molecule has 1 atom stereocenters. The van der Waals surface area contributed by atoms with Crippen LogP contribution in [0.25, 0.3) is 0 Å². The molecule has 2 aromatic rings. The van der Waals surface area contributed by atoms with Crippen LogP contribution in [0.3, 0.4) is 0 Å². The number of hydrogen-bond acceptors (Lipinski definition) is 4. The fraction of sp³-hybridized carbons (Fsp3) is 0.333. The predicted octanol–water partition coefficient (Wildman–Crippen LogP) is 3.07. The maximum absolute atomic E-state index is 12.2. The smallest absolute Gasteiger partial charge is 0.252 e. The maximum Gasteiger partial charge on any atom is 0.252 e. The van der Waals surface area contributed by atoms with Crippen LogP contribution in [-0.2, 0) is 4.79 Å². The van der Waals surface area contributed by atoms with Crippen LogP contribution in [0, 0.1) is 6.92 Å². The van der Waals surface area contributed by atoms with Crippen molar-refractivity contribution in [1.29, 1.82) is 0 Å². The summed E-state index contributed by atoms with van der Waals surface area (Å²) in [5.74, 6) is -0.310. The number of aryl methyl sites for hydroxylation is 1. The second-order valence-corrected chi connectivity index (χ2v) is 6.92. The molecule has 0 spiro atoms. The van der Waals surface area contributed by atoms with E-state index >= 15 is 0 Å². The third-order valence-corrected chi connectivity index (χ3v) is 5.18. The zero-order valence-electron chi connectivity index (χ0n) is 12.3. The highest BCUT2D eigenvalue weighted by molar-refractivity contribution is 7.12. The predicted molar refractivity (Wildman–Crippen MR) is 86.9 cm³/mol. The Bertz CT molecular complexity index is 619. The Kier molecular flexibility index (Phi) is 5.14. The fourth-order valence-electron chi connectivity index (χ4n) is 1.86. The van der Waals surface area contributed by atoms with Gasteiger partial charge in [-0.1, -0.05) is 0 Å². The number of carbonyl (C=O) groups excluding carboxylic acids is 2. The van der Waals surface area contributed by atoms with Crippen LogP contribution in [0.15, 0.2) is 29.0 Å². The van der Waals surface area contributed by atoms with Gasteiger partial charge in [0.2, 0.25) is 5.91 Å². The number of nitrogens with one attached hydrogen (secondary N) is 1. The van der Waals surface area contributed by atoms with E-state index in [1.807, 2.05) is 31.4 Å². The Morgan fingerprint density at radius 3 is 2.67 bits per heavy atom. The summed E-state index contributed by atoms with van der Waals surface area (Å²) in [5.41, 5.74) is 0.595. The van der Waals surface area contributed by atoms with E-state index in [4.69, 9.17) is 0 Å². The summed E-state index contributed by atoms with van der Waals surface area (Å²) in [6, 6.07) is 5.84. The van der Waals surface area contributed by atoms with Crippen LogP contribution >= 0.6 is 22.7 Å². The van der Waals surface area contributed by atoms with E-state index < -0.39 is 0 Å². The minimum atomic E-state index is -0.211. The maximum atomic E-state index is 12.2. The number of likely N-dealkylation sites (N-methyl/N-ethyl adjacent to an activating group) is 1. The number of thiophene rings is 2. The molecule has 4 nitrogen and oxygen atoms in total. The number of rotatable bonds is 5. The zero-order valence-corrected chi connectivity index (χ0v) is 13.9. The van der Waals surface area contributed by atoms with E-state index in [0.29, 0.717) is 5.56 Å². The van der Waals surface area contributed by atoms with Crippen LogP contribution in [0.5, 0.6) is 0 Å². The highest BCUT2D eigenvalue weighted by atomic mass is 32.1. The van der Waals surface area contributed by atoms with Crippen LogP contribution in [0.2, 0.25) is 0 Å². The van der Waals surface area contributed by atoms with Crippen molar-refractivity contribution in [1.82, 2.24) is 10.2 Å². The van der Waals surface area contributed by atoms with Crippen molar-refractivity contribution < 1.29 is 9.59 Å². The summed E-state index contributed by atoms with van der Waals surface area (Å²) >= 11 is 3.14. The first-order chi connectivity index (χ1) is 9.99. The first kappa shape index (κ1) is 15.7. The lowest BCUT2D eigenvalue weighted by molar-refractivity contribution is -0.130. The van der Waals surface area contributed by atoms with E-state index in [1.54, 1.807) is 34.7 Å². The van der Waals surface area contributed by atoms with E-state index in [1.165, 1.54) is 16.2 Å². The Labute approximate surface area is 132 Å². The summed E-state index contributed by atoms with van der Waals surface area (Å²) in [4.78, 5) is 28.0. The van der Waals surface area contributed by atoms with Gasteiger partial charge in [-0.15, -0.1) is 11.3 Å². The minimum Gasteiger partial charge on any atom is -0.343 e. The monoisotopic (exact) mass is 322 g/mol. The molecule has 0 bridgehead atoms. The van der Waals surface area contributed by atoms with Gasteiger partial charge >= 0.3 is 0 Å². The van der Waals surface area contributed by atoms with E-state index in [9.17, 15) is 9.59 Å². The molecular formula is C15H18N2O2S2. The second kappa shape index (κ2) is 6.87. The summed E-state index contributed by atoms with van der Waals surface area (Å²) in [5, 5.41) is 6.26. The van der Waals surface area contributed by atoms with Crippen LogP contribution < -0.4 is 5.32 Å². The Morgan fingerprint density at radius 1 is 1.33 bits per heavy atom. The van der Waals surface area contributed by atoms with Gasteiger partial charge in [0.15, 0.2) is 0 Å².